The van der Waals surface area contributed by atoms with Gasteiger partial charge >= 0.3 is 6.16 Å². The highest BCUT2D eigenvalue weighted by Crippen LogP contribution is 2.33. The predicted molar refractivity (Wildman–Crippen MR) is 132 cm³/mol. The lowest BCUT2D eigenvalue weighted by molar-refractivity contribution is -0.278. The van der Waals surface area contributed by atoms with Gasteiger partial charge in [-0.25, -0.2) is 4.79 Å². The Kier molecular flexibility index (Phi) is 9.44. The first-order valence-electron chi connectivity index (χ1n) is 12.8. The number of aliphatic hydroxyl groups is 3. The number of ether oxygens (including phenoxy) is 6. The summed E-state index contributed by atoms with van der Waals surface area (Å²) in [5.74, 6) is 0.977. The first kappa shape index (κ1) is 28.1. The molecule has 2 aromatic rings. The molecule has 3 heterocycles. The average Bonchev–Trinajstić information content (AvgIpc) is 3.23. The van der Waals surface area contributed by atoms with Gasteiger partial charge in [0.05, 0.1) is 19.8 Å². The first-order chi connectivity index (χ1) is 18.3. The van der Waals surface area contributed by atoms with Crippen LogP contribution in [0.2, 0.25) is 0 Å². The molecule has 1 aromatic carbocycles. The largest absolute Gasteiger partial charge is 0.508 e. The Morgan fingerprint density at radius 3 is 2.45 bits per heavy atom. The van der Waals surface area contributed by atoms with Crippen LogP contribution in [0, 0.1) is 6.92 Å². The zero-order valence-corrected chi connectivity index (χ0v) is 21.8. The highest BCUT2D eigenvalue weighted by Gasteiger charge is 2.46. The van der Waals surface area contributed by atoms with Crippen molar-refractivity contribution in [3.63, 3.8) is 0 Å². The van der Waals surface area contributed by atoms with E-state index in [1.165, 1.54) is 0 Å². The van der Waals surface area contributed by atoms with Gasteiger partial charge in [-0.3, -0.25) is 4.68 Å². The molecule has 0 saturated carbocycles. The van der Waals surface area contributed by atoms with Crippen molar-refractivity contribution in [3.05, 3.63) is 41.1 Å². The first-order valence-corrected chi connectivity index (χ1v) is 12.8. The molecule has 0 radical (unpaired) electrons. The van der Waals surface area contributed by atoms with Crippen molar-refractivity contribution in [2.75, 3.05) is 33.5 Å². The molecule has 210 valence electrons. The second kappa shape index (κ2) is 12.8. The lowest BCUT2D eigenvalue weighted by atomic mass is 9.99. The van der Waals surface area contributed by atoms with E-state index in [4.69, 9.17) is 33.5 Å². The van der Waals surface area contributed by atoms with Gasteiger partial charge in [0.2, 0.25) is 12.2 Å². The zero-order chi connectivity index (χ0) is 27.2. The molecule has 2 fully saturated rings. The molecule has 1 aromatic heterocycles. The van der Waals surface area contributed by atoms with Gasteiger partial charge in [0, 0.05) is 30.9 Å². The average molecular weight is 537 g/mol. The van der Waals surface area contributed by atoms with Gasteiger partial charge in [-0.1, -0.05) is 12.1 Å². The number of rotatable bonds is 9. The van der Waals surface area contributed by atoms with E-state index in [2.05, 4.69) is 0 Å². The van der Waals surface area contributed by atoms with Crippen LogP contribution in [0.25, 0.3) is 0 Å². The zero-order valence-electron chi connectivity index (χ0n) is 21.8. The Hall–Kier alpha value is -2.90. The van der Waals surface area contributed by atoms with Crippen molar-refractivity contribution in [2.45, 2.75) is 69.9 Å². The molecule has 38 heavy (non-hydrogen) atoms. The van der Waals surface area contributed by atoms with Crippen LogP contribution in [-0.2, 0) is 25.4 Å². The minimum absolute atomic E-state index is 0.117. The summed E-state index contributed by atoms with van der Waals surface area (Å²) in [6.07, 6.45) is -6.09. The normalized spacial score (nSPS) is 26.1. The molecule has 0 spiro atoms. The third-order valence-corrected chi connectivity index (χ3v) is 6.84. The number of methoxy groups -OCH3 is 1. The number of hydrogen-bond donors (Lipinski definition) is 3. The monoisotopic (exact) mass is 536 g/mol. The van der Waals surface area contributed by atoms with Gasteiger partial charge in [0.1, 0.15) is 36.8 Å². The van der Waals surface area contributed by atoms with Crippen LogP contribution in [0.4, 0.5) is 4.79 Å². The van der Waals surface area contributed by atoms with Crippen molar-refractivity contribution < 1.29 is 48.5 Å². The van der Waals surface area contributed by atoms with Crippen molar-refractivity contribution in [1.29, 1.82) is 0 Å². The Bertz CT molecular complexity index is 1050. The molecule has 12 heteroatoms. The van der Waals surface area contributed by atoms with Crippen LogP contribution < -0.4 is 9.47 Å². The van der Waals surface area contributed by atoms with E-state index < -0.39 is 43.5 Å². The van der Waals surface area contributed by atoms with E-state index in [0.717, 1.165) is 35.4 Å². The van der Waals surface area contributed by atoms with Gasteiger partial charge in [-0.2, -0.15) is 0 Å². The standard InChI is InChI=1S/C26H36N2O10/c1-4-35-26(32)36-14-20-21(29)22(30)23(31)25(37-20)38-24-19(13-16-5-7-18(33-3)8-6-16)15(2)28(27-24)17-9-11-34-12-10-17/h5-8,17,20-23,25,29-31H,4,9-14H2,1-3H3/t20-,21-,22+,23-,25+/m1/s1. The van der Waals surface area contributed by atoms with Crippen LogP contribution >= 0.6 is 0 Å². The highest BCUT2D eigenvalue weighted by molar-refractivity contribution is 5.59. The summed E-state index contributed by atoms with van der Waals surface area (Å²) in [6.45, 7) is 4.56. The number of carbonyl (C=O) groups excluding carboxylic acids is 1. The molecule has 12 nitrogen and oxygen atoms in total. The van der Waals surface area contributed by atoms with Crippen molar-refractivity contribution in [2.24, 2.45) is 0 Å². The summed E-state index contributed by atoms with van der Waals surface area (Å²) in [5.41, 5.74) is 2.68. The van der Waals surface area contributed by atoms with Gasteiger partial charge < -0.3 is 43.7 Å². The molecule has 0 aliphatic carbocycles. The summed E-state index contributed by atoms with van der Waals surface area (Å²) in [5, 5.41) is 36.2. The van der Waals surface area contributed by atoms with E-state index in [1.54, 1.807) is 14.0 Å². The molecular weight excluding hydrogens is 500 g/mol. The second-order valence-electron chi connectivity index (χ2n) is 9.31. The summed E-state index contributed by atoms with van der Waals surface area (Å²) in [6, 6.07) is 7.75. The van der Waals surface area contributed by atoms with Crippen molar-refractivity contribution in [3.8, 4) is 11.6 Å². The third kappa shape index (κ3) is 6.38. The molecule has 2 aliphatic rings. The fourth-order valence-electron chi connectivity index (χ4n) is 4.63. The molecular formula is C26H36N2O10. The predicted octanol–water partition coefficient (Wildman–Crippen LogP) is 1.50. The molecule has 4 rings (SSSR count). The Morgan fingerprint density at radius 2 is 1.79 bits per heavy atom. The summed E-state index contributed by atoms with van der Waals surface area (Å²) in [7, 11) is 1.61. The fraction of sp³-hybridized carbons (Fsp3) is 0.615. The van der Waals surface area contributed by atoms with Crippen LogP contribution in [-0.4, -0.2) is 95.5 Å². The van der Waals surface area contributed by atoms with Gasteiger partial charge in [-0.05, 0) is 44.4 Å². The molecule has 2 saturated heterocycles. The molecule has 3 N–H and O–H groups in total. The van der Waals surface area contributed by atoms with E-state index >= 15 is 0 Å². The second-order valence-corrected chi connectivity index (χ2v) is 9.31. The van der Waals surface area contributed by atoms with Gasteiger partial charge in [0.25, 0.3) is 0 Å². The number of nitrogens with zero attached hydrogens (tertiary/aromatic N) is 2. The maximum atomic E-state index is 11.6. The van der Waals surface area contributed by atoms with Crippen molar-refractivity contribution >= 4 is 6.16 Å². The van der Waals surface area contributed by atoms with E-state index in [1.807, 2.05) is 35.9 Å². The molecule has 0 unspecified atom stereocenters. The Labute approximate surface area is 221 Å². The van der Waals surface area contributed by atoms with Gasteiger partial charge in [0.15, 0.2) is 0 Å². The SMILES string of the molecule is CCOC(=O)OC[C@H]1O[C@@H](Oc2nn(C3CCOCC3)c(C)c2Cc2ccc(OC)cc2)[C@H](O)[C@@H](O)[C@@H]1O. The van der Waals surface area contributed by atoms with Crippen LogP contribution in [0.15, 0.2) is 24.3 Å². The summed E-state index contributed by atoms with van der Waals surface area (Å²) in [4.78, 5) is 11.6. The maximum absolute atomic E-state index is 11.6. The Balaban J connectivity index is 1.58. The number of aromatic nitrogens is 2. The quantitative estimate of drug-likeness (QED) is 0.400. The number of aliphatic hydroxyl groups excluding tert-OH is 3. The lowest BCUT2D eigenvalue weighted by Crippen LogP contribution is -2.60. The molecule has 0 bridgehead atoms. The Morgan fingerprint density at radius 1 is 1.08 bits per heavy atom. The topological polar surface area (TPSA) is 151 Å². The summed E-state index contributed by atoms with van der Waals surface area (Å²) >= 11 is 0. The van der Waals surface area contributed by atoms with Crippen LogP contribution in [0.5, 0.6) is 11.6 Å². The van der Waals surface area contributed by atoms with E-state index in [0.29, 0.717) is 19.6 Å². The van der Waals surface area contributed by atoms with Gasteiger partial charge in [-0.15, -0.1) is 5.10 Å². The van der Waals surface area contributed by atoms with Crippen molar-refractivity contribution in [1.82, 2.24) is 9.78 Å². The molecule has 0 amide bonds. The fourth-order valence-corrected chi connectivity index (χ4v) is 4.63. The molecule has 2 aliphatic heterocycles. The van der Waals surface area contributed by atoms with E-state index in [9.17, 15) is 20.1 Å². The lowest BCUT2D eigenvalue weighted by Gasteiger charge is -2.39. The van der Waals surface area contributed by atoms with E-state index in [-0.39, 0.29) is 18.5 Å². The minimum atomic E-state index is -1.60. The number of hydrogen-bond acceptors (Lipinski definition) is 11. The number of benzene rings is 1. The summed E-state index contributed by atoms with van der Waals surface area (Å²) < 4.78 is 34.2. The third-order valence-electron chi connectivity index (χ3n) is 6.84. The van der Waals surface area contributed by atoms with Crippen LogP contribution in [0.3, 0.4) is 0 Å². The number of carbonyl (C=O) groups is 1. The maximum Gasteiger partial charge on any atom is 0.508 e. The van der Waals surface area contributed by atoms with Crippen LogP contribution in [0.1, 0.15) is 42.6 Å². The molecule has 5 atom stereocenters. The minimum Gasteiger partial charge on any atom is -0.497 e. The smallest absolute Gasteiger partial charge is 0.497 e. The highest BCUT2D eigenvalue weighted by atomic mass is 16.7.